The zero-order valence-electron chi connectivity index (χ0n) is 19.8. The Labute approximate surface area is 201 Å². The van der Waals surface area contributed by atoms with Crippen LogP contribution in [0.2, 0.25) is 0 Å². The van der Waals surface area contributed by atoms with Crippen LogP contribution in [-0.4, -0.2) is 33.0 Å². The molecule has 5 rings (SSSR count). The van der Waals surface area contributed by atoms with E-state index in [-0.39, 0.29) is 11.7 Å². The van der Waals surface area contributed by atoms with Crippen molar-refractivity contribution in [3.8, 4) is 11.6 Å². The number of aryl methyl sites for hydroxylation is 1. The molecule has 0 spiro atoms. The van der Waals surface area contributed by atoms with Crippen LogP contribution in [0.3, 0.4) is 0 Å². The first-order chi connectivity index (χ1) is 16.9. The van der Waals surface area contributed by atoms with Gasteiger partial charge in [-0.15, -0.1) is 10.2 Å². The molecular weight excluding hydrogens is 444 g/mol. The van der Waals surface area contributed by atoms with Crippen LogP contribution in [0.1, 0.15) is 27.5 Å². The summed E-state index contributed by atoms with van der Waals surface area (Å²) in [6.07, 6.45) is 0. The van der Waals surface area contributed by atoms with E-state index in [9.17, 15) is 4.79 Å². The Morgan fingerprint density at radius 1 is 0.971 bits per heavy atom. The van der Waals surface area contributed by atoms with Crippen LogP contribution in [0.25, 0.3) is 16.8 Å². The molecule has 0 atom stereocenters. The third kappa shape index (κ3) is 4.31. The van der Waals surface area contributed by atoms with E-state index in [0.29, 0.717) is 28.7 Å². The first-order valence-electron chi connectivity index (χ1n) is 11.0. The third-order valence-corrected chi connectivity index (χ3v) is 5.89. The van der Waals surface area contributed by atoms with Gasteiger partial charge in [-0.2, -0.15) is 5.10 Å². The molecule has 9 nitrogen and oxygen atoms in total. The number of carbonyl (C=O) groups excluding carboxylic acids is 1. The van der Waals surface area contributed by atoms with Crippen molar-refractivity contribution in [2.24, 2.45) is 0 Å². The molecule has 0 saturated carbocycles. The number of rotatable bonds is 6. The van der Waals surface area contributed by atoms with Crippen molar-refractivity contribution < 1.29 is 13.9 Å². The van der Waals surface area contributed by atoms with Gasteiger partial charge in [0.1, 0.15) is 0 Å². The summed E-state index contributed by atoms with van der Waals surface area (Å²) >= 11 is 0. The number of carbonyl (C=O) groups is 1. The summed E-state index contributed by atoms with van der Waals surface area (Å²) in [5.41, 5.74) is 5.13. The second kappa shape index (κ2) is 8.94. The van der Waals surface area contributed by atoms with E-state index in [1.165, 1.54) is 0 Å². The molecule has 0 aliphatic heterocycles. The Bertz CT molecular complexity index is 1520. The Morgan fingerprint density at radius 2 is 1.74 bits per heavy atom. The van der Waals surface area contributed by atoms with Crippen molar-refractivity contribution in [1.29, 1.82) is 0 Å². The largest absolute Gasteiger partial charge is 0.493 e. The van der Waals surface area contributed by atoms with Gasteiger partial charge in [-0.3, -0.25) is 4.79 Å². The number of furan rings is 1. The van der Waals surface area contributed by atoms with Gasteiger partial charge < -0.3 is 19.8 Å². The van der Waals surface area contributed by atoms with Gasteiger partial charge in [0, 0.05) is 22.5 Å². The van der Waals surface area contributed by atoms with Crippen molar-refractivity contribution >= 4 is 34.1 Å². The molecule has 0 saturated heterocycles. The molecule has 9 heteroatoms. The van der Waals surface area contributed by atoms with E-state index in [2.05, 4.69) is 25.9 Å². The topological polar surface area (TPSA) is 107 Å². The van der Waals surface area contributed by atoms with Crippen molar-refractivity contribution in [2.45, 2.75) is 20.8 Å². The van der Waals surface area contributed by atoms with Gasteiger partial charge >= 0.3 is 0 Å². The third-order valence-electron chi connectivity index (χ3n) is 5.89. The van der Waals surface area contributed by atoms with Crippen LogP contribution < -0.4 is 15.4 Å². The Kier molecular flexibility index (Phi) is 5.66. The predicted octanol–water partition coefficient (Wildman–Crippen LogP) is 5.34. The summed E-state index contributed by atoms with van der Waals surface area (Å²) in [6.45, 7) is 6.02. The van der Waals surface area contributed by atoms with Gasteiger partial charge in [-0.05, 0) is 74.9 Å². The molecule has 0 bridgehead atoms. The monoisotopic (exact) mass is 468 g/mol. The quantitative estimate of drug-likeness (QED) is 0.346. The summed E-state index contributed by atoms with van der Waals surface area (Å²) in [6, 6.07) is 18.2. The predicted molar refractivity (Wildman–Crippen MR) is 134 cm³/mol. The summed E-state index contributed by atoms with van der Waals surface area (Å²) < 4.78 is 12.8. The summed E-state index contributed by atoms with van der Waals surface area (Å²) in [5.74, 6) is 1.70. The average molecular weight is 469 g/mol. The van der Waals surface area contributed by atoms with E-state index in [0.717, 1.165) is 28.0 Å². The number of anilines is 3. The Balaban J connectivity index is 1.25. The lowest BCUT2D eigenvalue weighted by molar-refractivity contribution is 0.0998. The number of hydrogen-bond acceptors (Lipinski definition) is 7. The standard InChI is InChI=1S/C26H24N6O3/c1-15-16(2)31-32(17(15)3)24-13-12-23(29-30-24)27-19-8-10-20(11-9-19)28-26(33)22-14-18-6-5-7-21(34-4)25(18)35-22/h5-14H,1-4H3,(H,27,29)(H,28,33). The maximum atomic E-state index is 12.7. The van der Waals surface area contributed by atoms with Crippen LogP contribution in [0.15, 0.2) is 65.1 Å². The van der Waals surface area contributed by atoms with Crippen LogP contribution in [0.4, 0.5) is 17.2 Å². The summed E-state index contributed by atoms with van der Waals surface area (Å²) in [7, 11) is 1.56. The van der Waals surface area contributed by atoms with Crippen LogP contribution in [0, 0.1) is 20.8 Å². The molecule has 2 N–H and O–H groups in total. The highest BCUT2D eigenvalue weighted by Gasteiger charge is 2.15. The van der Waals surface area contributed by atoms with Crippen LogP contribution in [-0.2, 0) is 0 Å². The van der Waals surface area contributed by atoms with Gasteiger partial charge in [0.2, 0.25) is 0 Å². The second-order valence-electron chi connectivity index (χ2n) is 8.13. The normalized spacial score (nSPS) is 11.0. The number of ether oxygens (including phenoxy) is 1. The lowest BCUT2D eigenvalue weighted by Crippen LogP contribution is -2.10. The second-order valence-corrected chi connectivity index (χ2v) is 8.13. The van der Waals surface area contributed by atoms with Crippen molar-refractivity contribution in [1.82, 2.24) is 20.0 Å². The zero-order chi connectivity index (χ0) is 24.5. The highest BCUT2D eigenvalue weighted by molar-refractivity contribution is 6.05. The van der Waals surface area contributed by atoms with Crippen LogP contribution >= 0.6 is 0 Å². The highest BCUT2D eigenvalue weighted by Crippen LogP contribution is 2.29. The SMILES string of the molecule is COc1cccc2cc(C(=O)Nc3ccc(Nc4ccc(-n5nc(C)c(C)c5C)nn4)cc3)oc12. The molecule has 0 aliphatic rings. The maximum absolute atomic E-state index is 12.7. The van der Waals surface area contributed by atoms with Gasteiger partial charge in [0.25, 0.3) is 5.91 Å². The molecule has 0 fully saturated rings. The number of nitrogens with one attached hydrogen (secondary N) is 2. The molecule has 2 aromatic carbocycles. The molecule has 0 radical (unpaired) electrons. The fourth-order valence-electron chi connectivity index (χ4n) is 3.74. The number of nitrogens with zero attached hydrogens (tertiary/aromatic N) is 4. The molecule has 176 valence electrons. The first-order valence-corrected chi connectivity index (χ1v) is 11.0. The maximum Gasteiger partial charge on any atom is 0.291 e. The van der Waals surface area contributed by atoms with Crippen LogP contribution in [0.5, 0.6) is 5.75 Å². The summed E-state index contributed by atoms with van der Waals surface area (Å²) in [5, 5.41) is 19.9. The number of methoxy groups -OCH3 is 1. The van der Waals surface area contributed by atoms with Gasteiger partial charge in [-0.25, -0.2) is 4.68 Å². The minimum absolute atomic E-state index is 0.208. The van der Waals surface area contributed by atoms with Gasteiger partial charge in [-0.1, -0.05) is 12.1 Å². The number of hydrogen-bond donors (Lipinski definition) is 2. The van der Waals surface area contributed by atoms with Crippen molar-refractivity contribution in [3.05, 3.63) is 83.4 Å². The van der Waals surface area contributed by atoms with E-state index < -0.39 is 0 Å². The Morgan fingerprint density at radius 3 is 2.40 bits per heavy atom. The zero-order valence-corrected chi connectivity index (χ0v) is 19.8. The molecule has 1 amide bonds. The van der Waals surface area contributed by atoms with E-state index in [4.69, 9.17) is 9.15 Å². The van der Waals surface area contributed by atoms with Crippen molar-refractivity contribution in [3.63, 3.8) is 0 Å². The van der Waals surface area contributed by atoms with Gasteiger partial charge in [0.15, 0.2) is 28.7 Å². The average Bonchev–Trinajstić information content (AvgIpc) is 3.43. The molecule has 0 unspecified atom stereocenters. The fourth-order valence-corrected chi connectivity index (χ4v) is 3.74. The Hall–Kier alpha value is -4.66. The van der Waals surface area contributed by atoms with E-state index >= 15 is 0 Å². The molecular formula is C26H24N6O3. The lowest BCUT2D eigenvalue weighted by atomic mass is 10.2. The lowest BCUT2D eigenvalue weighted by Gasteiger charge is -2.08. The number of para-hydroxylation sites is 1. The molecule has 0 aliphatic carbocycles. The van der Waals surface area contributed by atoms with E-state index in [1.54, 1.807) is 36.1 Å². The van der Waals surface area contributed by atoms with E-state index in [1.807, 2.05) is 57.2 Å². The number of benzene rings is 2. The number of aromatic nitrogens is 4. The minimum Gasteiger partial charge on any atom is -0.493 e. The van der Waals surface area contributed by atoms with Gasteiger partial charge in [0.05, 0.1) is 12.8 Å². The molecule has 3 aromatic heterocycles. The number of amides is 1. The highest BCUT2D eigenvalue weighted by atomic mass is 16.5. The van der Waals surface area contributed by atoms with Crippen molar-refractivity contribution in [2.75, 3.05) is 17.7 Å². The number of fused-ring (bicyclic) bond motifs is 1. The molecule has 5 aromatic rings. The molecule has 35 heavy (non-hydrogen) atoms. The molecule has 3 heterocycles. The first kappa shape index (κ1) is 22.1. The summed E-state index contributed by atoms with van der Waals surface area (Å²) in [4.78, 5) is 12.7. The smallest absolute Gasteiger partial charge is 0.291 e. The fraction of sp³-hybridized carbons (Fsp3) is 0.154. The minimum atomic E-state index is -0.343.